The highest BCUT2D eigenvalue weighted by Gasteiger charge is 2.28. The van der Waals surface area contributed by atoms with Crippen LogP contribution >= 0.6 is 0 Å². The number of nitrogens with one attached hydrogen (secondary N) is 1. The molecule has 1 aromatic heterocycles. The van der Waals surface area contributed by atoms with Gasteiger partial charge in [-0.15, -0.1) is 0 Å². The van der Waals surface area contributed by atoms with Gasteiger partial charge in [0, 0.05) is 17.6 Å². The SMILES string of the molecule is CC(Nc1nccc2ccccc12)C1CC1. The molecule has 0 bridgehead atoms. The molecule has 2 heteroatoms. The summed E-state index contributed by atoms with van der Waals surface area (Å²) in [7, 11) is 0. The normalized spacial score (nSPS) is 17.3. The number of nitrogens with zero attached hydrogens (tertiary/aromatic N) is 1. The predicted molar refractivity (Wildman–Crippen MR) is 67.6 cm³/mol. The molecule has 0 amide bonds. The molecule has 1 saturated carbocycles. The molecule has 16 heavy (non-hydrogen) atoms. The van der Waals surface area contributed by atoms with Gasteiger partial charge in [0.15, 0.2) is 0 Å². The molecule has 1 N–H and O–H groups in total. The Morgan fingerprint density at radius 3 is 2.88 bits per heavy atom. The van der Waals surface area contributed by atoms with Crippen LogP contribution in [0.15, 0.2) is 36.5 Å². The van der Waals surface area contributed by atoms with E-state index in [9.17, 15) is 0 Å². The number of aromatic nitrogens is 1. The van der Waals surface area contributed by atoms with Crippen LogP contribution in [0, 0.1) is 5.92 Å². The third-order valence-electron chi connectivity index (χ3n) is 3.37. The predicted octanol–water partition coefficient (Wildman–Crippen LogP) is 3.45. The molecule has 3 rings (SSSR count). The first kappa shape index (κ1) is 9.64. The molecular weight excluding hydrogens is 196 g/mol. The summed E-state index contributed by atoms with van der Waals surface area (Å²) in [4.78, 5) is 4.45. The third kappa shape index (κ3) is 1.75. The van der Waals surface area contributed by atoms with Crippen LogP contribution in [0.25, 0.3) is 10.8 Å². The van der Waals surface area contributed by atoms with Crippen LogP contribution in [0.2, 0.25) is 0 Å². The summed E-state index contributed by atoms with van der Waals surface area (Å²) < 4.78 is 0. The molecule has 1 heterocycles. The Labute approximate surface area is 95.7 Å². The van der Waals surface area contributed by atoms with Gasteiger partial charge in [-0.2, -0.15) is 0 Å². The van der Waals surface area contributed by atoms with Crippen LogP contribution in [0.5, 0.6) is 0 Å². The summed E-state index contributed by atoms with van der Waals surface area (Å²) in [6.45, 7) is 2.25. The molecule has 1 aromatic carbocycles. The average molecular weight is 212 g/mol. The van der Waals surface area contributed by atoms with Crippen molar-refractivity contribution in [3.63, 3.8) is 0 Å². The van der Waals surface area contributed by atoms with Crippen molar-refractivity contribution >= 4 is 16.6 Å². The number of hydrogen-bond acceptors (Lipinski definition) is 2. The van der Waals surface area contributed by atoms with Crippen LogP contribution in [0.4, 0.5) is 5.82 Å². The van der Waals surface area contributed by atoms with Gasteiger partial charge in [-0.25, -0.2) is 4.98 Å². The quantitative estimate of drug-likeness (QED) is 0.843. The zero-order chi connectivity index (χ0) is 11.0. The Balaban J connectivity index is 1.95. The maximum Gasteiger partial charge on any atom is 0.134 e. The van der Waals surface area contributed by atoms with E-state index in [1.165, 1.54) is 23.6 Å². The largest absolute Gasteiger partial charge is 0.367 e. The van der Waals surface area contributed by atoms with Crippen LogP contribution in [-0.4, -0.2) is 11.0 Å². The van der Waals surface area contributed by atoms with Crippen molar-refractivity contribution in [3.8, 4) is 0 Å². The van der Waals surface area contributed by atoms with Crippen LogP contribution < -0.4 is 5.32 Å². The first-order chi connectivity index (χ1) is 7.84. The number of hydrogen-bond donors (Lipinski definition) is 1. The zero-order valence-corrected chi connectivity index (χ0v) is 9.48. The van der Waals surface area contributed by atoms with Crippen molar-refractivity contribution in [2.75, 3.05) is 5.32 Å². The van der Waals surface area contributed by atoms with Gasteiger partial charge in [-0.3, -0.25) is 0 Å². The molecule has 1 unspecified atom stereocenters. The van der Waals surface area contributed by atoms with E-state index in [-0.39, 0.29) is 0 Å². The van der Waals surface area contributed by atoms with Gasteiger partial charge in [-0.05, 0) is 37.1 Å². The summed E-state index contributed by atoms with van der Waals surface area (Å²) in [6, 6.07) is 11.0. The van der Waals surface area contributed by atoms with E-state index in [4.69, 9.17) is 0 Å². The van der Waals surface area contributed by atoms with Gasteiger partial charge < -0.3 is 5.32 Å². The highest BCUT2D eigenvalue weighted by Crippen LogP contribution is 2.34. The van der Waals surface area contributed by atoms with Crippen molar-refractivity contribution in [1.82, 2.24) is 4.98 Å². The van der Waals surface area contributed by atoms with Gasteiger partial charge in [-0.1, -0.05) is 24.3 Å². The highest BCUT2D eigenvalue weighted by atomic mass is 15.0. The Morgan fingerprint density at radius 2 is 2.06 bits per heavy atom. The fraction of sp³-hybridized carbons (Fsp3) is 0.357. The fourth-order valence-electron chi connectivity index (χ4n) is 2.16. The number of anilines is 1. The van der Waals surface area contributed by atoms with Crippen LogP contribution in [0.1, 0.15) is 19.8 Å². The minimum Gasteiger partial charge on any atom is -0.367 e. The minimum atomic E-state index is 0.540. The number of pyridine rings is 1. The second kappa shape index (κ2) is 3.78. The van der Waals surface area contributed by atoms with E-state index in [1.54, 1.807) is 0 Å². The molecule has 0 spiro atoms. The van der Waals surface area contributed by atoms with Crippen LogP contribution in [0.3, 0.4) is 0 Å². The van der Waals surface area contributed by atoms with E-state index < -0.39 is 0 Å². The van der Waals surface area contributed by atoms with Gasteiger partial charge in [0.1, 0.15) is 5.82 Å². The maximum absolute atomic E-state index is 4.45. The average Bonchev–Trinajstić information content (AvgIpc) is 3.13. The number of benzene rings is 1. The van der Waals surface area contributed by atoms with Crippen molar-refractivity contribution in [2.24, 2.45) is 5.92 Å². The van der Waals surface area contributed by atoms with Crippen molar-refractivity contribution < 1.29 is 0 Å². The second-order valence-corrected chi connectivity index (χ2v) is 4.65. The number of fused-ring (bicyclic) bond motifs is 1. The van der Waals surface area contributed by atoms with Crippen LogP contribution in [-0.2, 0) is 0 Å². The monoisotopic (exact) mass is 212 g/mol. The Morgan fingerprint density at radius 1 is 1.25 bits per heavy atom. The van der Waals surface area contributed by atoms with Crippen molar-refractivity contribution in [1.29, 1.82) is 0 Å². The highest BCUT2D eigenvalue weighted by molar-refractivity contribution is 5.91. The lowest BCUT2D eigenvalue weighted by Crippen LogP contribution is -2.18. The molecule has 1 atom stereocenters. The molecule has 2 nitrogen and oxygen atoms in total. The first-order valence-corrected chi connectivity index (χ1v) is 5.95. The van der Waals surface area contributed by atoms with E-state index >= 15 is 0 Å². The van der Waals surface area contributed by atoms with E-state index in [0.717, 1.165) is 11.7 Å². The van der Waals surface area contributed by atoms with E-state index in [0.29, 0.717) is 6.04 Å². The van der Waals surface area contributed by atoms with Crippen molar-refractivity contribution in [2.45, 2.75) is 25.8 Å². The Bertz CT molecular complexity index is 498. The molecule has 0 saturated heterocycles. The summed E-state index contributed by atoms with van der Waals surface area (Å²) in [5.74, 6) is 1.87. The molecule has 2 aromatic rings. The fourth-order valence-corrected chi connectivity index (χ4v) is 2.16. The molecular formula is C14H16N2. The summed E-state index contributed by atoms with van der Waals surface area (Å²) in [6.07, 6.45) is 4.60. The standard InChI is InChI=1S/C14H16N2/c1-10(11-6-7-11)16-14-13-5-3-2-4-12(13)8-9-15-14/h2-5,8-11H,6-7H2,1H3,(H,15,16). The topological polar surface area (TPSA) is 24.9 Å². The van der Waals surface area contributed by atoms with E-state index in [2.05, 4.69) is 47.6 Å². The minimum absolute atomic E-state index is 0.540. The lowest BCUT2D eigenvalue weighted by Gasteiger charge is -2.14. The third-order valence-corrected chi connectivity index (χ3v) is 3.37. The summed E-state index contributed by atoms with van der Waals surface area (Å²) >= 11 is 0. The molecule has 1 fully saturated rings. The molecule has 1 aliphatic rings. The van der Waals surface area contributed by atoms with Crippen molar-refractivity contribution in [3.05, 3.63) is 36.5 Å². The maximum atomic E-state index is 4.45. The first-order valence-electron chi connectivity index (χ1n) is 5.95. The lowest BCUT2D eigenvalue weighted by atomic mass is 10.1. The van der Waals surface area contributed by atoms with E-state index in [1.807, 2.05) is 6.20 Å². The van der Waals surface area contributed by atoms with Gasteiger partial charge in [0.2, 0.25) is 0 Å². The summed E-state index contributed by atoms with van der Waals surface area (Å²) in [5, 5.41) is 6.01. The Hall–Kier alpha value is -1.57. The number of rotatable bonds is 3. The smallest absolute Gasteiger partial charge is 0.134 e. The second-order valence-electron chi connectivity index (χ2n) is 4.65. The van der Waals surface area contributed by atoms with Gasteiger partial charge >= 0.3 is 0 Å². The van der Waals surface area contributed by atoms with Gasteiger partial charge in [0.25, 0.3) is 0 Å². The summed E-state index contributed by atoms with van der Waals surface area (Å²) in [5.41, 5.74) is 0. The van der Waals surface area contributed by atoms with Gasteiger partial charge in [0.05, 0.1) is 0 Å². The molecule has 82 valence electrons. The lowest BCUT2D eigenvalue weighted by molar-refractivity contribution is 0.692. The molecule has 0 aliphatic heterocycles. The molecule has 0 radical (unpaired) electrons. The Kier molecular flexibility index (Phi) is 2.28. The molecule has 1 aliphatic carbocycles. The zero-order valence-electron chi connectivity index (χ0n) is 9.48.